The third kappa shape index (κ3) is 4.38. The van der Waals surface area contributed by atoms with Gasteiger partial charge in [0.2, 0.25) is 5.91 Å². The van der Waals surface area contributed by atoms with Gasteiger partial charge in [-0.2, -0.15) is 0 Å². The van der Waals surface area contributed by atoms with Crippen molar-refractivity contribution in [3.8, 4) is 0 Å². The van der Waals surface area contributed by atoms with E-state index in [1.165, 1.54) is 6.26 Å². The molecule has 3 aromatic rings. The van der Waals surface area contributed by atoms with Crippen LogP contribution in [-0.2, 0) is 4.79 Å². The summed E-state index contributed by atoms with van der Waals surface area (Å²) in [4.78, 5) is 29.0. The number of rotatable bonds is 5. The highest BCUT2D eigenvalue weighted by Gasteiger charge is 2.28. The van der Waals surface area contributed by atoms with Crippen LogP contribution in [0.5, 0.6) is 0 Å². The summed E-state index contributed by atoms with van der Waals surface area (Å²) in [5, 5.41) is 0.670. The molecule has 6 nitrogen and oxygen atoms in total. The molecule has 1 atom stereocenters. The number of aromatic nitrogens is 1. The highest BCUT2D eigenvalue weighted by Crippen LogP contribution is 2.25. The van der Waals surface area contributed by atoms with Crippen molar-refractivity contribution < 1.29 is 14.0 Å². The summed E-state index contributed by atoms with van der Waals surface area (Å²) in [7, 11) is 0. The largest absolute Gasteiger partial charge is 0.459 e. The first-order chi connectivity index (χ1) is 14.1. The maximum atomic E-state index is 13.0. The monoisotopic (exact) mass is 411 g/mol. The molecule has 0 spiro atoms. The lowest BCUT2D eigenvalue weighted by atomic mass is 10.0. The summed E-state index contributed by atoms with van der Waals surface area (Å²) < 4.78 is 7.23. The molecular weight excluding hydrogens is 390 g/mol. The number of hydrogen-bond donors (Lipinski definition) is 0. The fraction of sp³-hybridized carbons (Fsp3) is 0.273. The Balaban J connectivity index is 1.41. The minimum Gasteiger partial charge on any atom is -0.459 e. The van der Waals surface area contributed by atoms with Gasteiger partial charge in [-0.25, -0.2) is 0 Å². The van der Waals surface area contributed by atoms with E-state index < -0.39 is 0 Å². The Hall–Kier alpha value is -2.99. The predicted octanol–water partition coefficient (Wildman–Crippen LogP) is 3.70. The van der Waals surface area contributed by atoms with Crippen molar-refractivity contribution in [3.63, 3.8) is 0 Å². The van der Waals surface area contributed by atoms with Crippen LogP contribution < -0.4 is 0 Å². The Morgan fingerprint density at radius 3 is 2.21 bits per heavy atom. The molecule has 3 heterocycles. The van der Waals surface area contributed by atoms with Crippen molar-refractivity contribution in [1.29, 1.82) is 0 Å². The second-order valence-electron chi connectivity index (χ2n) is 7.05. The average molecular weight is 412 g/mol. The zero-order valence-corrected chi connectivity index (χ0v) is 16.7. The first-order valence-electron chi connectivity index (χ1n) is 9.60. The number of piperazine rings is 1. The van der Waals surface area contributed by atoms with E-state index in [0.717, 1.165) is 5.56 Å². The lowest BCUT2D eigenvalue weighted by molar-refractivity contribution is -0.133. The van der Waals surface area contributed by atoms with Crippen LogP contribution in [0.3, 0.4) is 0 Å². The minimum atomic E-state index is -0.131. The number of carbonyl (C=O) groups excluding carboxylic acids is 2. The number of furan rings is 1. The Morgan fingerprint density at radius 1 is 0.931 bits per heavy atom. The molecule has 4 rings (SSSR count). The summed E-state index contributed by atoms with van der Waals surface area (Å²) in [5.41, 5.74) is 1.03. The molecule has 7 heteroatoms. The van der Waals surface area contributed by atoms with E-state index in [-0.39, 0.29) is 17.9 Å². The Bertz CT molecular complexity index is 944. The van der Waals surface area contributed by atoms with Crippen LogP contribution in [0.15, 0.2) is 71.6 Å². The third-order valence-electron chi connectivity index (χ3n) is 5.26. The number of amides is 2. The predicted molar refractivity (Wildman–Crippen MR) is 110 cm³/mol. The van der Waals surface area contributed by atoms with Gasteiger partial charge in [0.1, 0.15) is 0 Å². The molecule has 1 fully saturated rings. The van der Waals surface area contributed by atoms with Gasteiger partial charge >= 0.3 is 0 Å². The molecule has 1 aromatic carbocycles. The zero-order valence-electron chi connectivity index (χ0n) is 15.9. The summed E-state index contributed by atoms with van der Waals surface area (Å²) in [6.45, 7) is 2.04. The van der Waals surface area contributed by atoms with Crippen molar-refractivity contribution in [2.24, 2.45) is 0 Å². The van der Waals surface area contributed by atoms with Crippen molar-refractivity contribution in [1.82, 2.24) is 14.4 Å². The summed E-state index contributed by atoms with van der Waals surface area (Å²) in [5.74, 6) is 0.275. The minimum absolute atomic E-state index is 0.0729. The topological polar surface area (TPSA) is 58.7 Å². The quantitative estimate of drug-likeness (QED) is 0.643. The molecule has 150 valence electrons. The van der Waals surface area contributed by atoms with Gasteiger partial charge in [0.25, 0.3) is 5.91 Å². The van der Waals surface area contributed by atoms with Gasteiger partial charge in [-0.3, -0.25) is 9.59 Å². The molecule has 2 aromatic heterocycles. The molecule has 1 aliphatic heterocycles. The van der Waals surface area contributed by atoms with Gasteiger partial charge < -0.3 is 18.8 Å². The highest BCUT2D eigenvalue weighted by atomic mass is 35.5. The third-order valence-corrected chi connectivity index (χ3v) is 5.51. The molecule has 0 aliphatic carbocycles. The van der Waals surface area contributed by atoms with E-state index in [0.29, 0.717) is 43.4 Å². The Labute approximate surface area is 174 Å². The van der Waals surface area contributed by atoms with Crippen molar-refractivity contribution in [3.05, 3.63) is 83.5 Å². The smallest absolute Gasteiger partial charge is 0.289 e. The summed E-state index contributed by atoms with van der Waals surface area (Å²) in [6.07, 6.45) is 5.77. The van der Waals surface area contributed by atoms with Crippen LogP contribution in [0.4, 0.5) is 0 Å². The lowest BCUT2D eigenvalue weighted by Crippen LogP contribution is -2.50. The molecule has 0 unspecified atom stereocenters. The van der Waals surface area contributed by atoms with Gasteiger partial charge in [-0.05, 0) is 42.0 Å². The van der Waals surface area contributed by atoms with Gasteiger partial charge in [-0.15, -0.1) is 0 Å². The van der Waals surface area contributed by atoms with Crippen LogP contribution in [0.1, 0.15) is 28.6 Å². The normalized spacial score (nSPS) is 15.3. The van der Waals surface area contributed by atoms with Gasteiger partial charge in [0.15, 0.2) is 5.76 Å². The first-order valence-corrected chi connectivity index (χ1v) is 9.98. The fourth-order valence-electron chi connectivity index (χ4n) is 3.65. The molecule has 1 saturated heterocycles. The van der Waals surface area contributed by atoms with E-state index in [2.05, 4.69) is 0 Å². The summed E-state index contributed by atoms with van der Waals surface area (Å²) in [6, 6.07) is 14.8. The van der Waals surface area contributed by atoms with Gasteiger partial charge in [0.05, 0.1) is 18.7 Å². The molecule has 0 bridgehead atoms. The Morgan fingerprint density at radius 2 is 1.59 bits per heavy atom. The highest BCUT2D eigenvalue weighted by molar-refractivity contribution is 6.30. The SMILES string of the molecule is O=C(C[C@H](c1ccc(Cl)cc1)n1cccc1)N1CCN(C(=O)c2ccco2)CC1. The van der Waals surface area contributed by atoms with E-state index in [1.807, 2.05) is 58.3 Å². The zero-order chi connectivity index (χ0) is 20.2. The summed E-state index contributed by atoms with van der Waals surface area (Å²) >= 11 is 6.02. The number of nitrogens with zero attached hydrogens (tertiary/aromatic N) is 3. The maximum absolute atomic E-state index is 13.0. The number of benzene rings is 1. The first kappa shape index (κ1) is 19.3. The van der Waals surface area contributed by atoms with Crippen molar-refractivity contribution in [2.75, 3.05) is 26.2 Å². The van der Waals surface area contributed by atoms with Crippen molar-refractivity contribution >= 4 is 23.4 Å². The van der Waals surface area contributed by atoms with Gasteiger partial charge in [-0.1, -0.05) is 23.7 Å². The van der Waals surface area contributed by atoms with E-state index in [9.17, 15) is 9.59 Å². The van der Waals surface area contributed by atoms with E-state index >= 15 is 0 Å². The van der Waals surface area contributed by atoms with E-state index in [1.54, 1.807) is 17.0 Å². The molecule has 1 aliphatic rings. The number of halogens is 1. The molecule has 0 saturated carbocycles. The molecule has 0 N–H and O–H groups in total. The Kier molecular flexibility index (Phi) is 5.71. The average Bonchev–Trinajstić information content (AvgIpc) is 3.46. The maximum Gasteiger partial charge on any atom is 0.289 e. The lowest BCUT2D eigenvalue weighted by Gasteiger charge is -2.35. The van der Waals surface area contributed by atoms with Crippen LogP contribution in [0.2, 0.25) is 5.02 Å². The molecule has 2 amide bonds. The van der Waals surface area contributed by atoms with Crippen LogP contribution >= 0.6 is 11.6 Å². The van der Waals surface area contributed by atoms with Crippen molar-refractivity contribution in [2.45, 2.75) is 12.5 Å². The number of hydrogen-bond acceptors (Lipinski definition) is 3. The fourth-order valence-corrected chi connectivity index (χ4v) is 3.77. The molecule has 29 heavy (non-hydrogen) atoms. The van der Waals surface area contributed by atoms with Gasteiger partial charge in [0, 0.05) is 43.6 Å². The standard InChI is InChI=1S/C22H22ClN3O3/c23-18-7-5-17(6-8-18)19(24-9-1-2-10-24)16-21(27)25-11-13-26(14-12-25)22(28)20-4-3-15-29-20/h1-10,15,19H,11-14,16H2/t19-/m1/s1. The van der Waals surface area contributed by atoms with E-state index in [4.69, 9.17) is 16.0 Å². The van der Waals surface area contributed by atoms with Crippen LogP contribution in [0.25, 0.3) is 0 Å². The molecular formula is C22H22ClN3O3. The second-order valence-corrected chi connectivity index (χ2v) is 7.49. The number of carbonyl (C=O) groups is 2. The second kappa shape index (κ2) is 8.57. The van der Waals surface area contributed by atoms with Crippen LogP contribution in [-0.4, -0.2) is 52.4 Å². The van der Waals surface area contributed by atoms with Crippen LogP contribution in [0, 0.1) is 0 Å². The molecule has 0 radical (unpaired) electrons.